The van der Waals surface area contributed by atoms with Crippen LogP contribution in [0.2, 0.25) is 0 Å². The summed E-state index contributed by atoms with van der Waals surface area (Å²) in [6, 6.07) is 4.39. The Morgan fingerprint density at radius 3 is 2.93 bits per heavy atom. The number of aliphatic hydroxyl groups is 1. The van der Waals surface area contributed by atoms with Gasteiger partial charge in [0.05, 0.1) is 6.61 Å². The van der Waals surface area contributed by atoms with E-state index >= 15 is 0 Å². The maximum atomic E-state index is 13.0. The van der Waals surface area contributed by atoms with Gasteiger partial charge in [-0.15, -0.1) is 0 Å². The Morgan fingerprint density at radius 1 is 1.47 bits per heavy atom. The SMILES string of the molecule is Cc1ccc(F)cc1C(O)C1=CCCO1. The van der Waals surface area contributed by atoms with Gasteiger partial charge in [0, 0.05) is 6.42 Å². The third-order valence-corrected chi connectivity index (χ3v) is 2.54. The Hall–Kier alpha value is -1.35. The summed E-state index contributed by atoms with van der Waals surface area (Å²) in [5.74, 6) is 0.192. The number of aryl methyl sites for hydroxylation is 1. The van der Waals surface area contributed by atoms with Gasteiger partial charge < -0.3 is 9.84 Å². The molecule has 0 aliphatic carbocycles. The molecule has 0 saturated heterocycles. The fraction of sp³-hybridized carbons (Fsp3) is 0.333. The second kappa shape index (κ2) is 4.03. The molecule has 1 aliphatic heterocycles. The van der Waals surface area contributed by atoms with Crippen molar-refractivity contribution in [2.75, 3.05) is 6.61 Å². The second-order valence-electron chi connectivity index (χ2n) is 3.65. The molecule has 0 bridgehead atoms. The molecule has 0 saturated carbocycles. The smallest absolute Gasteiger partial charge is 0.136 e. The van der Waals surface area contributed by atoms with Crippen LogP contribution in [0.1, 0.15) is 23.7 Å². The number of benzene rings is 1. The maximum Gasteiger partial charge on any atom is 0.136 e. The highest BCUT2D eigenvalue weighted by Crippen LogP contribution is 2.28. The fourth-order valence-corrected chi connectivity index (χ4v) is 1.69. The molecule has 0 spiro atoms. The molecule has 2 rings (SSSR count). The molecule has 0 radical (unpaired) electrons. The van der Waals surface area contributed by atoms with Crippen molar-refractivity contribution in [3.05, 3.63) is 47.0 Å². The normalized spacial score (nSPS) is 17.1. The van der Waals surface area contributed by atoms with E-state index in [1.54, 1.807) is 6.07 Å². The summed E-state index contributed by atoms with van der Waals surface area (Å²) in [5, 5.41) is 9.97. The Balaban J connectivity index is 2.31. The highest BCUT2D eigenvalue weighted by molar-refractivity contribution is 5.32. The summed E-state index contributed by atoms with van der Waals surface area (Å²) in [7, 11) is 0. The molecule has 1 N–H and O–H groups in total. The van der Waals surface area contributed by atoms with Gasteiger partial charge >= 0.3 is 0 Å². The van der Waals surface area contributed by atoms with Crippen LogP contribution in [0.15, 0.2) is 30.0 Å². The average Bonchev–Trinajstić information content (AvgIpc) is 2.74. The quantitative estimate of drug-likeness (QED) is 0.809. The standard InChI is InChI=1S/C12H13FO2/c1-8-4-5-9(13)7-10(8)12(14)11-3-2-6-15-11/h3-5,7,12,14H,2,6H2,1H3. The van der Waals surface area contributed by atoms with Crippen LogP contribution >= 0.6 is 0 Å². The van der Waals surface area contributed by atoms with Crippen molar-refractivity contribution in [3.63, 3.8) is 0 Å². The summed E-state index contributed by atoms with van der Waals surface area (Å²) >= 11 is 0. The first-order chi connectivity index (χ1) is 7.18. The van der Waals surface area contributed by atoms with E-state index in [2.05, 4.69) is 0 Å². The van der Waals surface area contributed by atoms with E-state index in [0.717, 1.165) is 12.0 Å². The number of hydrogen-bond donors (Lipinski definition) is 1. The van der Waals surface area contributed by atoms with Gasteiger partial charge in [0.2, 0.25) is 0 Å². The lowest BCUT2D eigenvalue weighted by Gasteiger charge is -2.14. The lowest BCUT2D eigenvalue weighted by molar-refractivity contribution is 0.118. The molecule has 3 heteroatoms. The lowest BCUT2D eigenvalue weighted by atomic mass is 10.0. The van der Waals surface area contributed by atoms with Crippen molar-refractivity contribution in [2.24, 2.45) is 0 Å². The first-order valence-electron chi connectivity index (χ1n) is 4.95. The monoisotopic (exact) mass is 208 g/mol. The maximum absolute atomic E-state index is 13.0. The minimum Gasteiger partial charge on any atom is -0.495 e. The minimum absolute atomic E-state index is 0.340. The van der Waals surface area contributed by atoms with E-state index in [1.165, 1.54) is 12.1 Å². The summed E-state index contributed by atoms with van der Waals surface area (Å²) < 4.78 is 18.3. The molecule has 80 valence electrons. The van der Waals surface area contributed by atoms with Crippen molar-refractivity contribution in [3.8, 4) is 0 Å². The number of hydrogen-bond acceptors (Lipinski definition) is 2. The van der Waals surface area contributed by atoms with Crippen molar-refractivity contribution < 1.29 is 14.2 Å². The fourth-order valence-electron chi connectivity index (χ4n) is 1.69. The van der Waals surface area contributed by atoms with E-state index in [9.17, 15) is 9.50 Å². The zero-order chi connectivity index (χ0) is 10.8. The molecule has 1 heterocycles. The van der Waals surface area contributed by atoms with Gasteiger partial charge in [-0.3, -0.25) is 0 Å². The molecule has 1 aromatic rings. The number of halogens is 1. The van der Waals surface area contributed by atoms with Crippen LogP contribution in [0, 0.1) is 12.7 Å². The highest BCUT2D eigenvalue weighted by Gasteiger charge is 2.19. The van der Waals surface area contributed by atoms with Gasteiger partial charge in [0.1, 0.15) is 17.7 Å². The Kier molecular flexibility index (Phi) is 2.73. The summed E-state index contributed by atoms with van der Waals surface area (Å²) in [5.41, 5.74) is 1.43. The zero-order valence-electron chi connectivity index (χ0n) is 8.53. The van der Waals surface area contributed by atoms with Gasteiger partial charge in [0.15, 0.2) is 0 Å². The van der Waals surface area contributed by atoms with E-state index in [1.807, 2.05) is 13.0 Å². The largest absolute Gasteiger partial charge is 0.495 e. The van der Waals surface area contributed by atoms with E-state index in [4.69, 9.17) is 4.74 Å². The van der Waals surface area contributed by atoms with Gasteiger partial charge in [-0.25, -0.2) is 4.39 Å². The number of aliphatic hydroxyl groups excluding tert-OH is 1. The first-order valence-corrected chi connectivity index (χ1v) is 4.95. The molecule has 0 aromatic heterocycles. The minimum atomic E-state index is -0.844. The molecular weight excluding hydrogens is 195 g/mol. The predicted octanol–water partition coefficient (Wildman–Crippen LogP) is 2.47. The third kappa shape index (κ3) is 2.02. The van der Waals surface area contributed by atoms with Crippen LogP contribution in [-0.4, -0.2) is 11.7 Å². The van der Waals surface area contributed by atoms with Crippen molar-refractivity contribution in [1.29, 1.82) is 0 Å². The van der Waals surface area contributed by atoms with Crippen molar-refractivity contribution in [2.45, 2.75) is 19.4 Å². The van der Waals surface area contributed by atoms with Gasteiger partial charge in [-0.05, 0) is 36.3 Å². The third-order valence-electron chi connectivity index (χ3n) is 2.54. The molecule has 15 heavy (non-hydrogen) atoms. The number of rotatable bonds is 2. The van der Waals surface area contributed by atoms with E-state index in [-0.39, 0.29) is 5.82 Å². The van der Waals surface area contributed by atoms with Crippen LogP contribution < -0.4 is 0 Å². The molecule has 2 nitrogen and oxygen atoms in total. The van der Waals surface area contributed by atoms with Crippen LogP contribution in [0.25, 0.3) is 0 Å². The average molecular weight is 208 g/mol. The van der Waals surface area contributed by atoms with Crippen molar-refractivity contribution >= 4 is 0 Å². The van der Waals surface area contributed by atoms with Crippen LogP contribution in [0.4, 0.5) is 4.39 Å². The van der Waals surface area contributed by atoms with Crippen LogP contribution in [0.5, 0.6) is 0 Å². The molecular formula is C12H13FO2. The highest BCUT2D eigenvalue weighted by atomic mass is 19.1. The van der Waals surface area contributed by atoms with Gasteiger partial charge in [-0.1, -0.05) is 6.07 Å². The molecule has 1 aromatic carbocycles. The summed E-state index contributed by atoms with van der Waals surface area (Å²) in [6.45, 7) is 2.44. The topological polar surface area (TPSA) is 29.5 Å². The van der Waals surface area contributed by atoms with E-state index < -0.39 is 6.10 Å². The van der Waals surface area contributed by atoms with Crippen LogP contribution in [-0.2, 0) is 4.74 Å². The molecule has 0 amide bonds. The Morgan fingerprint density at radius 2 is 2.27 bits per heavy atom. The molecule has 1 atom stereocenters. The Bertz CT molecular complexity index is 399. The van der Waals surface area contributed by atoms with Gasteiger partial charge in [0.25, 0.3) is 0 Å². The second-order valence-corrected chi connectivity index (χ2v) is 3.65. The first kappa shape index (κ1) is 10.2. The van der Waals surface area contributed by atoms with Gasteiger partial charge in [-0.2, -0.15) is 0 Å². The summed E-state index contributed by atoms with van der Waals surface area (Å²) in [4.78, 5) is 0. The van der Waals surface area contributed by atoms with Crippen LogP contribution in [0.3, 0.4) is 0 Å². The Labute approximate surface area is 88.0 Å². The lowest BCUT2D eigenvalue weighted by Crippen LogP contribution is -2.04. The predicted molar refractivity (Wildman–Crippen MR) is 54.7 cm³/mol. The molecule has 1 unspecified atom stereocenters. The van der Waals surface area contributed by atoms with E-state index in [0.29, 0.717) is 17.9 Å². The number of ether oxygens (including phenoxy) is 1. The summed E-state index contributed by atoms with van der Waals surface area (Å²) in [6.07, 6.45) is 1.80. The van der Waals surface area contributed by atoms with Crippen molar-refractivity contribution in [1.82, 2.24) is 0 Å². The molecule has 0 fully saturated rings. The molecule has 1 aliphatic rings. The zero-order valence-corrected chi connectivity index (χ0v) is 8.53.